The molecule has 4 nitrogen and oxygen atoms in total. The van der Waals surface area contributed by atoms with Crippen LogP contribution in [0.15, 0.2) is 16.7 Å². The topological polar surface area (TPSA) is 51.5 Å². The summed E-state index contributed by atoms with van der Waals surface area (Å²) in [5.41, 5.74) is 0.960. The summed E-state index contributed by atoms with van der Waals surface area (Å²) in [6, 6.07) is 5.67. The molecule has 0 saturated heterocycles. The number of hydrogen-bond donors (Lipinski definition) is 1. The number of alkyl carbamates (subject to hydrolysis) is 1. The Hall–Kier alpha value is -1.23. The molecule has 1 heterocycles. The average Bonchev–Trinajstić information content (AvgIpc) is 3.22. The Bertz CT molecular complexity index is 532. The second-order valence-electron chi connectivity index (χ2n) is 8.35. The van der Waals surface area contributed by atoms with Gasteiger partial charge in [0.25, 0.3) is 0 Å². The van der Waals surface area contributed by atoms with Gasteiger partial charge in [-0.2, -0.15) is 0 Å². The van der Waals surface area contributed by atoms with Gasteiger partial charge in [0.1, 0.15) is 14.7 Å². The summed E-state index contributed by atoms with van der Waals surface area (Å²) in [6.45, 7) is 10.0. The Morgan fingerprint density at radius 1 is 0.897 bits per heavy atom. The molecule has 0 unspecified atom stereocenters. The lowest BCUT2D eigenvalue weighted by Crippen LogP contribution is -2.44. The zero-order valence-electron chi connectivity index (χ0n) is 19.5. The monoisotopic (exact) mass is 423 g/mol. The van der Waals surface area contributed by atoms with Gasteiger partial charge in [-0.1, -0.05) is 104 Å². The predicted octanol–water partition coefficient (Wildman–Crippen LogP) is 7.14. The molecule has 0 aliphatic rings. The van der Waals surface area contributed by atoms with Crippen molar-refractivity contribution in [2.45, 2.75) is 117 Å². The van der Waals surface area contributed by atoms with E-state index >= 15 is 0 Å². The van der Waals surface area contributed by atoms with E-state index in [1.165, 1.54) is 75.9 Å². The molecule has 0 aromatic carbocycles. The number of ether oxygens (including phenoxy) is 1. The number of amides is 1. The highest BCUT2D eigenvalue weighted by molar-refractivity contribution is 6.90. The van der Waals surface area contributed by atoms with Gasteiger partial charge in [0.05, 0.1) is 11.6 Å². The third-order valence-corrected chi connectivity index (χ3v) is 11.7. The van der Waals surface area contributed by atoms with Crippen LogP contribution in [0.3, 0.4) is 0 Å². The highest BCUT2D eigenvalue weighted by atomic mass is 28.3. The first-order valence-electron chi connectivity index (χ1n) is 12.1. The highest BCUT2D eigenvalue weighted by Crippen LogP contribution is 2.21. The van der Waals surface area contributed by atoms with Crippen molar-refractivity contribution in [2.75, 3.05) is 6.54 Å². The van der Waals surface area contributed by atoms with Crippen molar-refractivity contribution in [1.82, 2.24) is 5.32 Å². The minimum Gasteiger partial charge on any atom is -0.474 e. The fourth-order valence-electron chi connectivity index (χ4n) is 4.00. The van der Waals surface area contributed by atoms with Crippen LogP contribution >= 0.6 is 0 Å². The van der Waals surface area contributed by atoms with E-state index in [0.717, 1.165) is 17.4 Å². The molecule has 0 saturated carbocycles. The minimum absolute atomic E-state index is 0.287. The maximum Gasteiger partial charge on any atom is 0.407 e. The number of hydrogen-bond acceptors (Lipinski definition) is 3. The van der Waals surface area contributed by atoms with Gasteiger partial charge in [-0.15, -0.1) is 0 Å². The highest BCUT2D eigenvalue weighted by Gasteiger charge is 2.32. The van der Waals surface area contributed by atoms with Crippen molar-refractivity contribution < 1.29 is 13.9 Å². The number of furan rings is 1. The largest absolute Gasteiger partial charge is 0.474 e. The Labute approximate surface area is 180 Å². The van der Waals surface area contributed by atoms with E-state index in [9.17, 15) is 4.79 Å². The first kappa shape index (κ1) is 25.8. The number of rotatable bonds is 17. The molecule has 0 fully saturated rings. The Kier molecular flexibility index (Phi) is 13.9. The van der Waals surface area contributed by atoms with Crippen LogP contribution in [0.4, 0.5) is 4.79 Å². The summed E-state index contributed by atoms with van der Waals surface area (Å²) >= 11 is 0. The molecule has 0 bridgehead atoms. The van der Waals surface area contributed by atoms with Crippen LogP contribution in [0.5, 0.6) is 0 Å². The Morgan fingerprint density at radius 2 is 1.45 bits per heavy atom. The van der Waals surface area contributed by atoms with Gasteiger partial charge in [0, 0.05) is 12.1 Å². The van der Waals surface area contributed by atoms with Crippen molar-refractivity contribution in [3.05, 3.63) is 17.9 Å². The Balaban J connectivity index is 2.10. The molecular weight excluding hydrogens is 378 g/mol. The summed E-state index contributed by atoms with van der Waals surface area (Å²) in [4.78, 5) is 11.9. The van der Waals surface area contributed by atoms with Crippen molar-refractivity contribution in [1.29, 1.82) is 0 Å². The van der Waals surface area contributed by atoms with Gasteiger partial charge < -0.3 is 14.5 Å². The first-order chi connectivity index (χ1) is 14.1. The van der Waals surface area contributed by atoms with Gasteiger partial charge in [0.2, 0.25) is 0 Å². The quantitative estimate of drug-likeness (QED) is 0.214. The average molecular weight is 424 g/mol. The molecule has 5 heteroatoms. The molecular formula is C24H45NO3Si. The van der Waals surface area contributed by atoms with Gasteiger partial charge >= 0.3 is 6.09 Å². The van der Waals surface area contributed by atoms with Crippen molar-refractivity contribution in [3.63, 3.8) is 0 Å². The van der Waals surface area contributed by atoms with E-state index in [1.54, 1.807) is 6.26 Å². The molecule has 1 aromatic heterocycles. The lowest BCUT2D eigenvalue weighted by atomic mass is 10.1. The van der Waals surface area contributed by atoms with E-state index in [-0.39, 0.29) is 12.7 Å². The fourth-order valence-corrected chi connectivity index (χ4v) is 7.35. The van der Waals surface area contributed by atoms with Crippen molar-refractivity contribution >= 4 is 19.6 Å². The number of unbranched alkanes of at least 4 members (excludes halogenated alkanes) is 9. The van der Waals surface area contributed by atoms with E-state index in [2.05, 4.69) is 39.1 Å². The molecule has 1 aromatic rings. The lowest BCUT2D eigenvalue weighted by molar-refractivity contribution is 0.139. The van der Waals surface area contributed by atoms with E-state index in [0.29, 0.717) is 6.54 Å². The molecule has 0 aliphatic heterocycles. The van der Waals surface area contributed by atoms with Crippen LogP contribution in [0, 0.1) is 0 Å². The predicted molar refractivity (Wildman–Crippen MR) is 126 cm³/mol. The summed E-state index contributed by atoms with van der Waals surface area (Å²) in [5, 5.41) is 4.01. The molecule has 1 N–H and O–H groups in total. The smallest absolute Gasteiger partial charge is 0.407 e. The van der Waals surface area contributed by atoms with Gasteiger partial charge in [-0.25, -0.2) is 4.79 Å². The Morgan fingerprint density at radius 3 is 2.00 bits per heavy atom. The maximum atomic E-state index is 11.9. The van der Waals surface area contributed by atoms with Gasteiger partial charge in [-0.05, 0) is 12.5 Å². The second-order valence-corrected chi connectivity index (χ2v) is 13.5. The maximum absolute atomic E-state index is 11.9. The van der Waals surface area contributed by atoms with Gasteiger partial charge in [-0.3, -0.25) is 0 Å². The number of carbonyl (C=O) groups is 1. The third-order valence-electron chi connectivity index (χ3n) is 6.38. The molecule has 1 amide bonds. The normalized spacial score (nSPS) is 11.6. The second kappa shape index (κ2) is 15.6. The van der Waals surface area contributed by atoms with E-state index in [4.69, 9.17) is 9.15 Å². The summed E-state index contributed by atoms with van der Waals surface area (Å²) in [6.07, 6.45) is 14.4. The molecule has 29 heavy (non-hydrogen) atoms. The van der Waals surface area contributed by atoms with E-state index < -0.39 is 8.07 Å². The van der Waals surface area contributed by atoms with E-state index in [1.807, 2.05) is 0 Å². The zero-order chi connectivity index (χ0) is 21.4. The first-order valence-corrected chi connectivity index (χ1v) is 14.7. The SMILES string of the molecule is CCCCCCCCCCCCNC(=O)OCc1coc([Si](CC)(CC)CC)c1. The van der Waals surface area contributed by atoms with Gasteiger partial charge in [0.15, 0.2) is 0 Å². The summed E-state index contributed by atoms with van der Waals surface area (Å²) in [5.74, 6) is 0. The number of nitrogens with one attached hydrogen (secondary N) is 1. The van der Waals surface area contributed by atoms with Crippen LogP contribution in [-0.2, 0) is 11.3 Å². The van der Waals surface area contributed by atoms with Crippen molar-refractivity contribution in [2.24, 2.45) is 0 Å². The van der Waals surface area contributed by atoms with Crippen LogP contribution in [0.1, 0.15) is 97.5 Å². The third kappa shape index (κ3) is 9.88. The number of carbonyl (C=O) groups excluding carboxylic acids is 1. The molecule has 0 atom stereocenters. The molecule has 0 radical (unpaired) electrons. The molecule has 0 spiro atoms. The summed E-state index contributed by atoms with van der Waals surface area (Å²) in [7, 11) is -1.50. The van der Waals surface area contributed by atoms with Crippen molar-refractivity contribution in [3.8, 4) is 0 Å². The minimum atomic E-state index is -1.50. The van der Waals surface area contributed by atoms with Crippen LogP contribution in [0.25, 0.3) is 0 Å². The van der Waals surface area contributed by atoms with Crippen LogP contribution in [0.2, 0.25) is 18.1 Å². The molecule has 1 rings (SSSR count). The summed E-state index contributed by atoms with van der Waals surface area (Å²) < 4.78 is 11.2. The zero-order valence-corrected chi connectivity index (χ0v) is 20.5. The lowest BCUT2D eigenvalue weighted by Gasteiger charge is -2.24. The molecule has 168 valence electrons. The van der Waals surface area contributed by atoms with Crippen LogP contribution < -0.4 is 10.7 Å². The van der Waals surface area contributed by atoms with Crippen LogP contribution in [-0.4, -0.2) is 20.7 Å². The fraction of sp³-hybridized carbons (Fsp3) is 0.792. The molecule has 0 aliphatic carbocycles. The standard InChI is InChI=1S/C24H45NO3Si/c1-5-9-10-11-12-13-14-15-16-17-18-25-24(26)28-21-22-19-23(27-20-22)29(6-2,7-3)8-4/h19-20H,5-18,21H2,1-4H3,(H,25,26).